The van der Waals surface area contributed by atoms with Crippen molar-refractivity contribution >= 4 is 84.6 Å². The van der Waals surface area contributed by atoms with E-state index in [1.807, 2.05) is 42.5 Å². The molecule has 27 heavy (non-hydrogen) atoms. The number of fused-ring (bicyclic) bond motifs is 3. The molecular formula is C18H10I2N2O4S. The van der Waals surface area contributed by atoms with Gasteiger partial charge in [0.25, 0.3) is 5.56 Å². The molecule has 4 aromatic rings. The zero-order valence-corrected chi connectivity index (χ0v) is 18.6. The number of carbonyl (C=O) groups is 1. The zero-order valence-electron chi connectivity index (χ0n) is 13.5. The molecule has 0 unspecified atom stereocenters. The van der Waals surface area contributed by atoms with E-state index in [-0.39, 0.29) is 5.56 Å². The van der Waals surface area contributed by atoms with Gasteiger partial charge < -0.3 is 9.84 Å². The zero-order chi connectivity index (χ0) is 19.1. The third-order valence-corrected chi connectivity index (χ3v) is 6.37. The first-order valence-corrected chi connectivity index (χ1v) is 10.7. The van der Waals surface area contributed by atoms with Crippen molar-refractivity contribution in [2.24, 2.45) is 0 Å². The fourth-order valence-electron chi connectivity index (χ4n) is 2.70. The van der Waals surface area contributed by atoms with Crippen molar-refractivity contribution in [2.45, 2.75) is 0 Å². The standard InChI is InChI=1S/C18H10I2N2O4S/c19-10-5-9(6-11(20)16(10)26-8-15(23)24)7-14-17(25)22-13-4-2-1-3-12(13)21-18(22)27-14/h1-7H,8H2,(H,23,24)/b14-7-. The van der Waals surface area contributed by atoms with Gasteiger partial charge in [0, 0.05) is 0 Å². The van der Waals surface area contributed by atoms with Gasteiger partial charge in [-0.25, -0.2) is 14.2 Å². The summed E-state index contributed by atoms with van der Waals surface area (Å²) in [6.45, 7) is -0.394. The highest BCUT2D eigenvalue weighted by molar-refractivity contribution is 14.1. The molecule has 0 saturated carbocycles. The molecule has 0 fully saturated rings. The van der Waals surface area contributed by atoms with E-state index >= 15 is 0 Å². The molecule has 0 radical (unpaired) electrons. The van der Waals surface area contributed by atoms with Crippen LogP contribution in [0.25, 0.3) is 22.1 Å². The number of nitrogens with zero attached hydrogens (tertiary/aromatic N) is 2. The van der Waals surface area contributed by atoms with E-state index in [0.717, 1.165) is 23.7 Å². The largest absolute Gasteiger partial charge is 0.480 e. The molecule has 0 spiro atoms. The first-order chi connectivity index (χ1) is 12.9. The molecule has 2 heterocycles. The molecule has 0 aliphatic heterocycles. The summed E-state index contributed by atoms with van der Waals surface area (Å²) in [6.07, 6.45) is 1.82. The molecule has 0 atom stereocenters. The maximum absolute atomic E-state index is 12.8. The van der Waals surface area contributed by atoms with Gasteiger partial charge >= 0.3 is 5.97 Å². The number of para-hydroxylation sites is 2. The van der Waals surface area contributed by atoms with Gasteiger partial charge in [-0.2, -0.15) is 0 Å². The van der Waals surface area contributed by atoms with E-state index in [2.05, 4.69) is 50.2 Å². The van der Waals surface area contributed by atoms with Gasteiger partial charge in [0.05, 0.1) is 22.7 Å². The van der Waals surface area contributed by atoms with Crippen LogP contribution in [0.15, 0.2) is 41.2 Å². The first kappa shape index (κ1) is 18.6. The third kappa shape index (κ3) is 3.55. The highest BCUT2D eigenvalue weighted by Crippen LogP contribution is 2.29. The predicted octanol–water partition coefficient (Wildman–Crippen LogP) is 3.13. The number of imidazole rings is 1. The molecule has 4 rings (SSSR count). The highest BCUT2D eigenvalue weighted by Gasteiger charge is 2.12. The number of halogens is 2. The summed E-state index contributed by atoms with van der Waals surface area (Å²) in [5.74, 6) is -0.493. The van der Waals surface area contributed by atoms with Crippen LogP contribution in [0.1, 0.15) is 5.56 Å². The smallest absolute Gasteiger partial charge is 0.341 e. The second-order valence-electron chi connectivity index (χ2n) is 5.63. The molecule has 2 aromatic heterocycles. The predicted molar refractivity (Wildman–Crippen MR) is 121 cm³/mol. The Hall–Kier alpha value is -1.73. The molecule has 0 saturated heterocycles. The summed E-state index contributed by atoms with van der Waals surface area (Å²) in [5, 5.41) is 8.78. The van der Waals surface area contributed by atoms with Gasteiger partial charge in [-0.1, -0.05) is 23.5 Å². The summed E-state index contributed by atoms with van der Waals surface area (Å²) in [6, 6.07) is 11.3. The van der Waals surface area contributed by atoms with Crippen LogP contribution in [0, 0.1) is 7.14 Å². The van der Waals surface area contributed by atoms with Crippen LogP contribution < -0.4 is 14.8 Å². The van der Waals surface area contributed by atoms with Crippen molar-refractivity contribution in [3.8, 4) is 5.75 Å². The highest BCUT2D eigenvalue weighted by atomic mass is 127. The monoisotopic (exact) mass is 604 g/mol. The minimum absolute atomic E-state index is 0.0973. The number of ether oxygens (including phenoxy) is 1. The minimum atomic E-state index is -1.03. The van der Waals surface area contributed by atoms with Crippen molar-refractivity contribution in [1.82, 2.24) is 9.38 Å². The summed E-state index contributed by atoms with van der Waals surface area (Å²) >= 11 is 5.54. The fraction of sp³-hybridized carbons (Fsp3) is 0.0556. The Morgan fingerprint density at radius 1 is 1.26 bits per heavy atom. The molecule has 0 bridgehead atoms. The van der Waals surface area contributed by atoms with Crippen molar-refractivity contribution in [3.05, 3.63) is 64.0 Å². The minimum Gasteiger partial charge on any atom is -0.480 e. The van der Waals surface area contributed by atoms with Crippen LogP contribution >= 0.6 is 56.5 Å². The molecule has 1 N–H and O–H groups in total. The van der Waals surface area contributed by atoms with Gasteiger partial charge in [-0.05, 0) is 81.1 Å². The number of benzene rings is 2. The molecule has 0 amide bonds. The molecule has 0 aliphatic carbocycles. The van der Waals surface area contributed by atoms with E-state index in [1.165, 1.54) is 11.3 Å². The lowest BCUT2D eigenvalue weighted by atomic mass is 10.2. The summed E-state index contributed by atoms with van der Waals surface area (Å²) in [4.78, 5) is 28.7. The maximum atomic E-state index is 12.8. The van der Waals surface area contributed by atoms with E-state index in [4.69, 9.17) is 9.84 Å². The van der Waals surface area contributed by atoms with E-state index < -0.39 is 12.6 Å². The molecular weight excluding hydrogens is 594 g/mol. The summed E-state index contributed by atoms with van der Waals surface area (Å²) in [7, 11) is 0. The molecule has 6 nitrogen and oxygen atoms in total. The number of aromatic nitrogens is 2. The first-order valence-electron chi connectivity index (χ1n) is 7.69. The van der Waals surface area contributed by atoms with Crippen molar-refractivity contribution < 1.29 is 14.6 Å². The number of hydrogen-bond donors (Lipinski definition) is 1. The number of aliphatic carboxylic acids is 1. The lowest BCUT2D eigenvalue weighted by Gasteiger charge is -2.09. The van der Waals surface area contributed by atoms with Crippen LogP contribution in [0.3, 0.4) is 0 Å². The Balaban J connectivity index is 1.81. The van der Waals surface area contributed by atoms with E-state index in [0.29, 0.717) is 15.2 Å². The van der Waals surface area contributed by atoms with Crippen molar-refractivity contribution in [1.29, 1.82) is 0 Å². The van der Waals surface area contributed by atoms with Crippen LogP contribution in [-0.2, 0) is 4.79 Å². The van der Waals surface area contributed by atoms with Gasteiger partial charge in [-0.15, -0.1) is 0 Å². The second kappa shape index (κ2) is 7.36. The lowest BCUT2D eigenvalue weighted by molar-refractivity contribution is -0.139. The van der Waals surface area contributed by atoms with Crippen molar-refractivity contribution in [3.63, 3.8) is 0 Å². The summed E-state index contributed by atoms with van der Waals surface area (Å²) in [5.41, 5.74) is 2.35. The number of carboxylic acids is 1. The molecule has 2 aromatic carbocycles. The van der Waals surface area contributed by atoms with E-state index in [1.54, 1.807) is 4.40 Å². The SMILES string of the molecule is O=C(O)COc1c(I)cc(/C=c2\sc3nc4ccccc4n3c2=O)cc1I. The maximum Gasteiger partial charge on any atom is 0.341 e. The molecule has 0 aliphatic rings. The fourth-order valence-corrected chi connectivity index (χ4v) is 5.81. The van der Waals surface area contributed by atoms with Crippen LogP contribution in [0.5, 0.6) is 5.75 Å². The van der Waals surface area contributed by atoms with Crippen LogP contribution in [-0.4, -0.2) is 27.1 Å². The second-order valence-corrected chi connectivity index (χ2v) is 8.96. The average Bonchev–Trinajstić information content (AvgIpc) is 3.11. The quantitative estimate of drug-likeness (QED) is 0.363. The van der Waals surface area contributed by atoms with Gasteiger partial charge in [0.1, 0.15) is 5.75 Å². The van der Waals surface area contributed by atoms with Gasteiger partial charge in [0.2, 0.25) is 0 Å². The Morgan fingerprint density at radius 2 is 1.96 bits per heavy atom. The van der Waals surface area contributed by atoms with Crippen LogP contribution in [0.4, 0.5) is 0 Å². The van der Waals surface area contributed by atoms with Gasteiger partial charge in [0.15, 0.2) is 11.6 Å². The van der Waals surface area contributed by atoms with E-state index in [9.17, 15) is 9.59 Å². The Morgan fingerprint density at radius 3 is 2.67 bits per heavy atom. The number of hydrogen-bond acceptors (Lipinski definition) is 5. The number of rotatable bonds is 4. The lowest BCUT2D eigenvalue weighted by Crippen LogP contribution is -2.22. The summed E-state index contributed by atoms with van der Waals surface area (Å²) < 4.78 is 9.13. The average molecular weight is 604 g/mol. The van der Waals surface area contributed by atoms with Gasteiger partial charge in [-0.3, -0.25) is 4.79 Å². The Bertz CT molecular complexity index is 1290. The third-order valence-electron chi connectivity index (χ3n) is 3.80. The molecule has 136 valence electrons. The topological polar surface area (TPSA) is 80.9 Å². The van der Waals surface area contributed by atoms with Crippen LogP contribution in [0.2, 0.25) is 0 Å². The molecule has 9 heteroatoms. The number of thiazole rings is 1. The Labute approximate surface area is 183 Å². The normalized spacial score (nSPS) is 12.1. The Kier molecular flexibility index (Phi) is 5.07. The van der Waals surface area contributed by atoms with Crippen molar-refractivity contribution in [2.75, 3.05) is 6.61 Å². The number of carboxylic acid groups (broad SMARTS) is 1.